The number of nitriles is 1. The molecule has 0 fully saturated rings. The third kappa shape index (κ3) is 4.07. The first-order chi connectivity index (χ1) is 10.9. The summed E-state index contributed by atoms with van der Waals surface area (Å²) in [4.78, 5) is 22.2. The van der Waals surface area contributed by atoms with Crippen molar-refractivity contribution in [1.29, 1.82) is 5.26 Å². The molecule has 0 spiro atoms. The highest BCUT2D eigenvalue weighted by atomic mass is 35.5. The second-order valence-corrected chi connectivity index (χ2v) is 5.90. The Hall–Kier alpha value is -2.40. The van der Waals surface area contributed by atoms with Crippen molar-refractivity contribution in [2.75, 3.05) is 5.32 Å². The van der Waals surface area contributed by atoms with Gasteiger partial charge in [0, 0.05) is 11.4 Å². The van der Waals surface area contributed by atoms with Crippen LogP contribution in [0.15, 0.2) is 35.2 Å². The third-order valence-corrected chi connectivity index (χ3v) is 4.19. The van der Waals surface area contributed by atoms with E-state index < -0.39 is 10.8 Å². The number of rotatable bonds is 4. The Labute approximate surface area is 144 Å². The van der Waals surface area contributed by atoms with Crippen molar-refractivity contribution in [3.63, 3.8) is 0 Å². The van der Waals surface area contributed by atoms with E-state index >= 15 is 0 Å². The Bertz CT molecular complexity index is 835. The van der Waals surface area contributed by atoms with Crippen molar-refractivity contribution in [2.45, 2.75) is 0 Å². The number of nitrogens with zero attached hydrogens (tertiary/aromatic N) is 2. The van der Waals surface area contributed by atoms with Crippen molar-refractivity contribution < 1.29 is 9.72 Å². The summed E-state index contributed by atoms with van der Waals surface area (Å²) in [6, 6.07) is 7.72. The fourth-order valence-electron chi connectivity index (χ4n) is 1.62. The Morgan fingerprint density at radius 2 is 2.04 bits per heavy atom. The highest BCUT2D eigenvalue weighted by molar-refractivity contribution is 7.13. The van der Waals surface area contributed by atoms with Gasteiger partial charge in [-0.15, -0.1) is 0 Å². The Balaban J connectivity index is 2.26. The fraction of sp³-hybridized carbons (Fsp3) is 0. The van der Waals surface area contributed by atoms with Crippen LogP contribution < -0.4 is 5.32 Å². The molecule has 2 rings (SSSR count). The van der Waals surface area contributed by atoms with E-state index in [1.54, 1.807) is 24.3 Å². The van der Waals surface area contributed by atoms with E-state index in [0.717, 1.165) is 11.3 Å². The minimum Gasteiger partial charge on any atom is -0.319 e. The van der Waals surface area contributed by atoms with Gasteiger partial charge in [0.05, 0.1) is 20.7 Å². The van der Waals surface area contributed by atoms with Gasteiger partial charge in [0.2, 0.25) is 0 Å². The number of para-hydroxylation sites is 1. The molecule has 6 nitrogen and oxygen atoms in total. The van der Waals surface area contributed by atoms with Crippen LogP contribution in [-0.4, -0.2) is 10.8 Å². The predicted molar refractivity (Wildman–Crippen MR) is 89.7 cm³/mol. The molecule has 0 saturated heterocycles. The Morgan fingerprint density at radius 1 is 1.39 bits per heavy atom. The van der Waals surface area contributed by atoms with Crippen LogP contribution in [0.25, 0.3) is 6.08 Å². The Kier molecular flexibility index (Phi) is 5.34. The molecule has 0 atom stereocenters. The smallest absolute Gasteiger partial charge is 0.319 e. The number of benzene rings is 1. The molecule has 0 bridgehead atoms. The highest BCUT2D eigenvalue weighted by Crippen LogP contribution is 2.30. The maximum atomic E-state index is 12.1. The number of thiophene rings is 1. The third-order valence-electron chi connectivity index (χ3n) is 2.66. The van der Waals surface area contributed by atoms with Gasteiger partial charge < -0.3 is 5.32 Å². The summed E-state index contributed by atoms with van der Waals surface area (Å²) < 4.78 is 0. The molecule has 1 N–H and O–H groups in total. The lowest BCUT2D eigenvalue weighted by Crippen LogP contribution is -2.14. The van der Waals surface area contributed by atoms with Crippen molar-refractivity contribution >= 4 is 57.2 Å². The quantitative estimate of drug-likeness (QED) is 0.372. The summed E-state index contributed by atoms with van der Waals surface area (Å²) in [6.45, 7) is 0. The topological polar surface area (TPSA) is 96.0 Å². The number of hydrogen-bond acceptors (Lipinski definition) is 5. The lowest BCUT2D eigenvalue weighted by molar-refractivity contribution is -0.380. The molecule has 0 unspecified atom stereocenters. The van der Waals surface area contributed by atoms with Gasteiger partial charge in [-0.05, 0) is 23.8 Å². The summed E-state index contributed by atoms with van der Waals surface area (Å²) in [7, 11) is 0. The number of carbonyl (C=O) groups excluding carboxylic acids is 1. The van der Waals surface area contributed by atoms with Crippen LogP contribution in [0.4, 0.5) is 10.7 Å². The van der Waals surface area contributed by atoms with Gasteiger partial charge in [-0.25, -0.2) is 0 Å². The number of nitrogens with one attached hydrogen (secondary N) is 1. The van der Waals surface area contributed by atoms with E-state index in [2.05, 4.69) is 5.32 Å². The van der Waals surface area contributed by atoms with Gasteiger partial charge in [0.1, 0.15) is 11.6 Å². The normalized spacial score (nSPS) is 10.9. The maximum absolute atomic E-state index is 12.1. The van der Waals surface area contributed by atoms with E-state index in [1.165, 1.54) is 17.5 Å². The molecule has 1 aromatic heterocycles. The highest BCUT2D eigenvalue weighted by Gasteiger charge is 2.15. The molecule has 116 valence electrons. The monoisotopic (exact) mass is 367 g/mol. The second kappa shape index (κ2) is 7.24. The average Bonchev–Trinajstić information content (AvgIpc) is 2.97. The zero-order chi connectivity index (χ0) is 17.0. The van der Waals surface area contributed by atoms with E-state index in [-0.39, 0.29) is 26.3 Å². The molecular formula is C14H7Cl2N3O3S. The standard InChI is InChI=1S/C14H7Cl2N3O3S/c15-10-2-1-3-11(16)13(10)18-14(20)9(6-17)4-8-5-12(19(21)22)23-7-8/h1-5,7H,(H,18,20)/b9-4-. The van der Waals surface area contributed by atoms with Gasteiger partial charge in [-0.1, -0.05) is 40.6 Å². The molecule has 0 radical (unpaired) electrons. The summed E-state index contributed by atoms with van der Waals surface area (Å²) in [5.74, 6) is -0.712. The molecule has 0 aliphatic rings. The average molecular weight is 368 g/mol. The maximum Gasteiger partial charge on any atom is 0.324 e. The molecule has 1 aromatic carbocycles. The molecule has 0 aliphatic heterocycles. The summed E-state index contributed by atoms with van der Waals surface area (Å²) in [6.07, 6.45) is 1.25. The molecule has 1 amide bonds. The second-order valence-electron chi connectivity index (χ2n) is 4.20. The van der Waals surface area contributed by atoms with Crippen molar-refractivity contribution in [3.05, 3.63) is 60.9 Å². The number of halogens is 2. The molecule has 0 aliphatic carbocycles. The number of nitro groups is 1. The van der Waals surface area contributed by atoms with Crippen molar-refractivity contribution in [3.8, 4) is 6.07 Å². The number of amides is 1. The van der Waals surface area contributed by atoms with Crippen LogP contribution in [0, 0.1) is 21.4 Å². The summed E-state index contributed by atoms with van der Waals surface area (Å²) in [5.41, 5.74) is 0.352. The van der Waals surface area contributed by atoms with Gasteiger partial charge in [-0.2, -0.15) is 5.26 Å². The van der Waals surface area contributed by atoms with Crippen molar-refractivity contribution in [1.82, 2.24) is 0 Å². The van der Waals surface area contributed by atoms with Crippen LogP contribution in [0.1, 0.15) is 5.56 Å². The Morgan fingerprint density at radius 3 is 2.57 bits per heavy atom. The van der Waals surface area contributed by atoms with E-state index in [0.29, 0.717) is 5.56 Å². The van der Waals surface area contributed by atoms with Crippen molar-refractivity contribution in [2.24, 2.45) is 0 Å². The predicted octanol–water partition coefficient (Wildman–Crippen LogP) is 4.51. The lowest BCUT2D eigenvalue weighted by Gasteiger charge is -2.08. The number of hydrogen-bond donors (Lipinski definition) is 1. The zero-order valence-corrected chi connectivity index (χ0v) is 13.6. The molecule has 1 heterocycles. The van der Waals surface area contributed by atoms with Crippen LogP contribution in [0.3, 0.4) is 0 Å². The largest absolute Gasteiger partial charge is 0.324 e. The SMILES string of the molecule is N#C/C(=C/c1csc([N+](=O)[O-])c1)C(=O)Nc1c(Cl)cccc1Cl. The first kappa shape index (κ1) is 17.0. The minimum absolute atomic E-state index is 0.0805. The summed E-state index contributed by atoms with van der Waals surface area (Å²) >= 11 is 12.8. The van der Waals surface area contributed by atoms with Gasteiger partial charge in [0.15, 0.2) is 0 Å². The molecule has 0 saturated carbocycles. The van der Waals surface area contributed by atoms with E-state index in [9.17, 15) is 14.9 Å². The lowest BCUT2D eigenvalue weighted by atomic mass is 10.2. The first-order valence-corrected chi connectivity index (χ1v) is 7.66. The van der Waals surface area contributed by atoms with E-state index in [4.69, 9.17) is 28.5 Å². The van der Waals surface area contributed by atoms with Crippen LogP contribution in [0.5, 0.6) is 0 Å². The number of anilines is 1. The van der Waals surface area contributed by atoms with Crippen LogP contribution >= 0.6 is 34.5 Å². The van der Waals surface area contributed by atoms with Crippen LogP contribution in [0.2, 0.25) is 10.0 Å². The van der Waals surface area contributed by atoms with Gasteiger partial charge in [-0.3, -0.25) is 14.9 Å². The fourth-order valence-corrected chi connectivity index (χ4v) is 2.80. The molecular weight excluding hydrogens is 361 g/mol. The number of carbonyl (C=O) groups is 1. The minimum atomic E-state index is -0.712. The van der Waals surface area contributed by atoms with Crippen LogP contribution in [-0.2, 0) is 4.79 Å². The first-order valence-electron chi connectivity index (χ1n) is 6.02. The summed E-state index contributed by atoms with van der Waals surface area (Å²) in [5, 5.41) is 24.1. The van der Waals surface area contributed by atoms with Gasteiger partial charge >= 0.3 is 5.00 Å². The molecule has 9 heteroatoms. The molecule has 23 heavy (non-hydrogen) atoms. The molecule has 2 aromatic rings. The van der Waals surface area contributed by atoms with Gasteiger partial charge in [0.25, 0.3) is 5.91 Å². The zero-order valence-electron chi connectivity index (χ0n) is 11.2. The van der Waals surface area contributed by atoms with E-state index in [1.807, 2.05) is 0 Å².